The molecule has 3 aromatic heterocycles. The summed E-state index contributed by atoms with van der Waals surface area (Å²) in [7, 11) is 0. The lowest BCUT2D eigenvalue weighted by atomic mass is 10.0. The van der Waals surface area contributed by atoms with Crippen LogP contribution in [0.2, 0.25) is 0 Å². The molecule has 0 atom stereocenters. The normalized spacial score (nSPS) is 10.6. The van der Waals surface area contributed by atoms with Crippen LogP contribution in [0.1, 0.15) is 27.9 Å². The van der Waals surface area contributed by atoms with Gasteiger partial charge in [-0.25, -0.2) is 19.9 Å². The van der Waals surface area contributed by atoms with Gasteiger partial charge in [-0.1, -0.05) is 60.7 Å². The van der Waals surface area contributed by atoms with E-state index in [-0.39, 0.29) is 0 Å². The number of aryl methyl sites for hydroxylation is 2. The number of pyridine rings is 2. The van der Waals surface area contributed by atoms with Crippen LogP contribution in [0.15, 0.2) is 84.2 Å². The van der Waals surface area contributed by atoms with Gasteiger partial charge in [0.2, 0.25) is 0 Å². The summed E-state index contributed by atoms with van der Waals surface area (Å²) in [5.41, 5.74) is 7.28. The van der Waals surface area contributed by atoms with Crippen LogP contribution in [-0.2, 0) is 0 Å². The van der Waals surface area contributed by atoms with Crippen molar-refractivity contribution in [3.63, 3.8) is 0 Å². The number of anilines is 2. The molecule has 0 amide bonds. The van der Waals surface area contributed by atoms with Crippen LogP contribution in [0.4, 0.5) is 17.3 Å². The summed E-state index contributed by atoms with van der Waals surface area (Å²) in [6, 6.07) is 23.9. The third-order valence-electron chi connectivity index (χ3n) is 5.58. The van der Waals surface area contributed by atoms with Crippen LogP contribution in [0.5, 0.6) is 0 Å². The number of rotatable bonds is 5. The third-order valence-corrected chi connectivity index (χ3v) is 5.58. The Balaban J connectivity index is 1.67. The molecule has 0 unspecified atom stereocenters. The van der Waals surface area contributed by atoms with Gasteiger partial charge < -0.3 is 10.3 Å². The highest BCUT2D eigenvalue weighted by molar-refractivity contribution is 6.14. The van der Waals surface area contributed by atoms with E-state index < -0.39 is 0 Å². The standard InChI is InChI=1S/C27H21N7/c1-17-13-21(14-28)29-15-22(17)32-26-18(2)23-25(31-16-30-23)27(34-26)33-24(19-9-5-3-6-10-19)20-11-7-4-8-12-20/h3-13,15-16H,1-2H3,(H,30,31)(H,32,34). The quantitative estimate of drug-likeness (QED) is 0.337. The van der Waals surface area contributed by atoms with E-state index in [0.29, 0.717) is 17.3 Å². The van der Waals surface area contributed by atoms with E-state index in [4.69, 9.17) is 15.2 Å². The van der Waals surface area contributed by atoms with Gasteiger partial charge in [-0.3, -0.25) is 0 Å². The average molecular weight is 444 g/mol. The van der Waals surface area contributed by atoms with Crippen molar-refractivity contribution < 1.29 is 0 Å². The summed E-state index contributed by atoms with van der Waals surface area (Å²) in [6.45, 7) is 3.89. The van der Waals surface area contributed by atoms with Gasteiger partial charge in [-0.2, -0.15) is 5.26 Å². The summed E-state index contributed by atoms with van der Waals surface area (Å²) in [5.74, 6) is 1.16. The second-order valence-corrected chi connectivity index (χ2v) is 7.85. The highest BCUT2D eigenvalue weighted by Crippen LogP contribution is 2.32. The Hall–Kier alpha value is -4.83. The minimum Gasteiger partial charge on any atom is -0.341 e. The maximum Gasteiger partial charge on any atom is 0.180 e. The Morgan fingerprint density at radius 2 is 1.65 bits per heavy atom. The maximum absolute atomic E-state index is 9.12. The Labute approximate surface area is 196 Å². The average Bonchev–Trinajstić information content (AvgIpc) is 3.38. The number of fused-ring (bicyclic) bond motifs is 1. The first-order valence-electron chi connectivity index (χ1n) is 10.8. The molecule has 0 radical (unpaired) electrons. The van der Waals surface area contributed by atoms with E-state index in [1.165, 1.54) is 0 Å². The molecule has 2 aromatic carbocycles. The number of benzene rings is 2. The summed E-state index contributed by atoms with van der Waals surface area (Å²) in [4.78, 5) is 21.8. The summed E-state index contributed by atoms with van der Waals surface area (Å²) in [6.07, 6.45) is 3.30. The van der Waals surface area contributed by atoms with Gasteiger partial charge in [0.05, 0.1) is 29.4 Å². The van der Waals surface area contributed by atoms with Gasteiger partial charge >= 0.3 is 0 Å². The molecule has 0 fully saturated rings. The van der Waals surface area contributed by atoms with E-state index in [2.05, 4.69) is 26.3 Å². The van der Waals surface area contributed by atoms with Crippen LogP contribution in [0, 0.1) is 25.2 Å². The number of aromatic nitrogens is 4. The smallest absolute Gasteiger partial charge is 0.180 e. The molecule has 7 nitrogen and oxygen atoms in total. The number of hydrogen-bond acceptors (Lipinski definition) is 6. The third kappa shape index (κ3) is 4.00. The van der Waals surface area contributed by atoms with Gasteiger partial charge in [-0.05, 0) is 25.5 Å². The van der Waals surface area contributed by atoms with Crippen molar-refractivity contribution in [2.24, 2.45) is 4.99 Å². The molecular formula is C27H21N7. The lowest BCUT2D eigenvalue weighted by molar-refractivity contribution is 1.20. The van der Waals surface area contributed by atoms with E-state index in [1.807, 2.05) is 74.5 Å². The largest absolute Gasteiger partial charge is 0.341 e. The molecule has 0 bridgehead atoms. The predicted octanol–water partition coefficient (Wildman–Crippen LogP) is 5.75. The predicted molar refractivity (Wildman–Crippen MR) is 134 cm³/mol. The van der Waals surface area contributed by atoms with Crippen LogP contribution < -0.4 is 5.32 Å². The van der Waals surface area contributed by atoms with Crippen LogP contribution in [0.3, 0.4) is 0 Å². The minimum atomic E-state index is 0.371. The molecule has 0 aliphatic carbocycles. The maximum atomic E-state index is 9.12. The van der Waals surface area contributed by atoms with E-state index in [0.717, 1.165) is 44.7 Å². The number of H-pyrrole nitrogens is 1. The fourth-order valence-corrected chi connectivity index (χ4v) is 3.78. The second-order valence-electron chi connectivity index (χ2n) is 7.85. The molecule has 0 saturated heterocycles. The summed E-state index contributed by atoms with van der Waals surface area (Å²) >= 11 is 0. The molecule has 0 aliphatic rings. The van der Waals surface area contributed by atoms with Crippen molar-refractivity contribution in [2.75, 3.05) is 5.32 Å². The Morgan fingerprint density at radius 1 is 0.971 bits per heavy atom. The fraction of sp³-hybridized carbons (Fsp3) is 0.0741. The Kier molecular flexibility index (Phi) is 5.55. The minimum absolute atomic E-state index is 0.371. The van der Waals surface area contributed by atoms with Gasteiger partial charge in [0, 0.05) is 16.7 Å². The molecule has 5 rings (SSSR count). The van der Waals surface area contributed by atoms with Crippen molar-refractivity contribution in [1.82, 2.24) is 19.9 Å². The van der Waals surface area contributed by atoms with Gasteiger partial charge in [0.25, 0.3) is 0 Å². The first-order chi connectivity index (χ1) is 16.6. The molecule has 0 saturated carbocycles. The lowest BCUT2D eigenvalue weighted by Gasteiger charge is -2.13. The molecule has 7 heteroatoms. The van der Waals surface area contributed by atoms with Gasteiger partial charge in [0.15, 0.2) is 5.82 Å². The first-order valence-corrected chi connectivity index (χ1v) is 10.8. The summed E-state index contributed by atoms with van der Waals surface area (Å²) in [5, 5.41) is 12.5. The highest BCUT2D eigenvalue weighted by atomic mass is 15.1. The van der Waals surface area contributed by atoms with Crippen LogP contribution in [-0.4, -0.2) is 25.6 Å². The molecule has 0 spiro atoms. The first kappa shape index (κ1) is 21.0. The molecule has 5 aromatic rings. The fourth-order valence-electron chi connectivity index (χ4n) is 3.78. The van der Waals surface area contributed by atoms with Crippen molar-refractivity contribution in [3.8, 4) is 6.07 Å². The number of aromatic amines is 1. The van der Waals surface area contributed by atoms with Crippen LogP contribution in [0.25, 0.3) is 11.0 Å². The zero-order chi connectivity index (χ0) is 23.5. The topological polar surface area (TPSA) is 103 Å². The van der Waals surface area contributed by atoms with Crippen molar-refractivity contribution in [1.29, 1.82) is 5.26 Å². The molecule has 34 heavy (non-hydrogen) atoms. The molecule has 164 valence electrons. The summed E-state index contributed by atoms with van der Waals surface area (Å²) < 4.78 is 0. The molecular weight excluding hydrogens is 422 g/mol. The zero-order valence-corrected chi connectivity index (χ0v) is 18.7. The van der Waals surface area contributed by atoms with E-state index in [1.54, 1.807) is 18.6 Å². The van der Waals surface area contributed by atoms with Crippen molar-refractivity contribution in [2.45, 2.75) is 13.8 Å². The van der Waals surface area contributed by atoms with Crippen LogP contribution >= 0.6 is 0 Å². The molecule has 3 heterocycles. The second kappa shape index (κ2) is 8.96. The number of aliphatic imine (C=N–C) groups is 1. The van der Waals surface area contributed by atoms with E-state index in [9.17, 15) is 0 Å². The Bertz CT molecular complexity index is 1500. The van der Waals surface area contributed by atoms with Crippen molar-refractivity contribution in [3.05, 3.63) is 107 Å². The SMILES string of the molecule is Cc1cc(C#N)ncc1Nc1nc(N=C(c2ccccc2)c2ccccc2)c2[nH]cnc2c1C. The van der Waals surface area contributed by atoms with Gasteiger partial charge in [-0.15, -0.1) is 0 Å². The highest BCUT2D eigenvalue weighted by Gasteiger charge is 2.16. The molecule has 0 aliphatic heterocycles. The van der Waals surface area contributed by atoms with E-state index >= 15 is 0 Å². The number of nitrogens with zero attached hydrogens (tertiary/aromatic N) is 5. The van der Waals surface area contributed by atoms with Gasteiger partial charge in [0.1, 0.15) is 23.1 Å². The number of hydrogen-bond donors (Lipinski definition) is 2. The lowest BCUT2D eigenvalue weighted by Crippen LogP contribution is -2.04. The van der Waals surface area contributed by atoms with Crippen molar-refractivity contribution >= 4 is 34.1 Å². The number of nitriles is 1. The monoisotopic (exact) mass is 443 g/mol. The number of imidazole rings is 1. The molecule has 2 N–H and O–H groups in total. The number of nitrogens with one attached hydrogen (secondary N) is 2. The Morgan fingerprint density at radius 3 is 2.26 bits per heavy atom. The zero-order valence-electron chi connectivity index (χ0n) is 18.7.